The van der Waals surface area contributed by atoms with Crippen LogP contribution in [0.15, 0.2) is 55.1 Å². The molecule has 0 amide bonds. The molecule has 0 saturated heterocycles. The van der Waals surface area contributed by atoms with Gasteiger partial charge in [0.2, 0.25) is 5.95 Å². The van der Waals surface area contributed by atoms with Gasteiger partial charge in [0.25, 0.3) is 0 Å². The molecule has 2 heterocycles. The Labute approximate surface area is 132 Å². The van der Waals surface area contributed by atoms with Crippen molar-refractivity contribution in [3.05, 3.63) is 66.5 Å². The molecule has 2 aromatic heterocycles. The summed E-state index contributed by atoms with van der Waals surface area (Å²) in [6.07, 6.45) is 5.54. The highest BCUT2D eigenvalue weighted by atomic mass is 19.1. The number of anilines is 3. The minimum absolute atomic E-state index is 0.228. The van der Waals surface area contributed by atoms with Gasteiger partial charge in [-0.25, -0.2) is 19.3 Å². The van der Waals surface area contributed by atoms with E-state index >= 15 is 0 Å². The Morgan fingerprint density at radius 3 is 2.52 bits per heavy atom. The van der Waals surface area contributed by atoms with E-state index in [1.54, 1.807) is 36.7 Å². The van der Waals surface area contributed by atoms with Crippen molar-refractivity contribution >= 4 is 17.6 Å². The maximum absolute atomic E-state index is 12.8. The number of halogens is 1. The van der Waals surface area contributed by atoms with Crippen molar-refractivity contribution in [2.24, 2.45) is 0 Å². The third-order valence-corrected chi connectivity index (χ3v) is 3.10. The minimum atomic E-state index is -0.228. The lowest BCUT2D eigenvalue weighted by atomic mass is 10.1. The Morgan fingerprint density at radius 1 is 0.913 bits per heavy atom. The molecule has 116 valence electrons. The zero-order valence-electron chi connectivity index (χ0n) is 12.3. The summed E-state index contributed by atoms with van der Waals surface area (Å²) < 4.78 is 12.8. The van der Waals surface area contributed by atoms with Gasteiger partial charge >= 0.3 is 0 Å². The number of hydrogen-bond acceptors (Lipinski definition) is 6. The second-order valence-corrected chi connectivity index (χ2v) is 4.79. The van der Waals surface area contributed by atoms with Gasteiger partial charge in [0.05, 0.1) is 0 Å². The van der Waals surface area contributed by atoms with Crippen LogP contribution in [0.4, 0.5) is 22.0 Å². The molecule has 7 heteroatoms. The summed E-state index contributed by atoms with van der Waals surface area (Å²) in [6.45, 7) is 0.655. The average Bonchev–Trinajstić information content (AvgIpc) is 2.58. The van der Waals surface area contributed by atoms with Crippen LogP contribution in [0.2, 0.25) is 0 Å². The van der Waals surface area contributed by atoms with Gasteiger partial charge in [0.1, 0.15) is 23.8 Å². The average molecular weight is 310 g/mol. The van der Waals surface area contributed by atoms with E-state index in [4.69, 9.17) is 0 Å². The van der Waals surface area contributed by atoms with Crippen molar-refractivity contribution in [2.45, 2.75) is 6.42 Å². The third kappa shape index (κ3) is 4.44. The highest BCUT2D eigenvalue weighted by Gasteiger charge is 2.01. The molecule has 0 aliphatic heterocycles. The monoisotopic (exact) mass is 310 g/mol. The number of rotatable bonds is 6. The van der Waals surface area contributed by atoms with Crippen molar-refractivity contribution < 1.29 is 4.39 Å². The van der Waals surface area contributed by atoms with Crippen LogP contribution >= 0.6 is 0 Å². The zero-order chi connectivity index (χ0) is 15.9. The lowest BCUT2D eigenvalue weighted by Gasteiger charge is -2.07. The topological polar surface area (TPSA) is 75.6 Å². The maximum atomic E-state index is 12.8. The molecule has 3 rings (SSSR count). The van der Waals surface area contributed by atoms with Gasteiger partial charge in [0.15, 0.2) is 0 Å². The van der Waals surface area contributed by atoms with Crippen LogP contribution < -0.4 is 10.6 Å². The largest absolute Gasteiger partial charge is 0.354 e. The van der Waals surface area contributed by atoms with Crippen molar-refractivity contribution in [1.29, 1.82) is 0 Å². The van der Waals surface area contributed by atoms with Gasteiger partial charge in [-0.15, -0.1) is 0 Å². The van der Waals surface area contributed by atoms with Gasteiger partial charge in [-0.1, -0.05) is 12.1 Å². The number of nitrogens with one attached hydrogen (secondary N) is 2. The molecule has 0 aliphatic rings. The van der Waals surface area contributed by atoms with Gasteiger partial charge in [-0.3, -0.25) is 0 Å². The first-order valence-electron chi connectivity index (χ1n) is 7.14. The Hall–Kier alpha value is -3.09. The van der Waals surface area contributed by atoms with E-state index < -0.39 is 0 Å². The second-order valence-electron chi connectivity index (χ2n) is 4.79. The quantitative estimate of drug-likeness (QED) is 0.729. The van der Waals surface area contributed by atoms with Crippen LogP contribution in [0.5, 0.6) is 0 Å². The molecule has 1 aromatic carbocycles. The molecule has 3 aromatic rings. The van der Waals surface area contributed by atoms with Crippen LogP contribution in [0.1, 0.15) is 5.56 Å². The van der Waals surface area contributed by atoms with Crippen LogP contribution in [-0.2, 0) is 6.42 Å². The first-order chi connectivity index (χ1) is 11.3. The number of hydrogen-bond donors (Lipinski definition) is 2. The molecular formula is C16H15FN6. The molecule has 0 atom stereocenters. The smallest absolute Gasteiger partial charge is 0.224 e. The lowest BCUT2D eigenvalue weighted by Crippen LogP contribution is -2.08. The fourth-order valence-electron chi connectivity index (χ4n) is 1.98. The fourth-order valence-corrected chi connectivity index (χ4v) is 1.98. The molecule has 0 unspecified atom stereocenters. The predicted molar refractivity (Wildman–Crippen MR) is 85.9 cm³/mol. The molecular weight excluding hydrogens is 295 g/mol. The number of nitrogens with zero attached hydrogens (tertiary/aromatic N) is 4. The van der Waals surface area contributed by atoms with Gasteiger partial charge in [-0.05, 0) is 36.2 Å². The fraction of sp³-hybridized carbons (Fsp3) is 0.125. The van der Waals surface area contributed by atoms with Crippen molar-refractivity contribution in [3.63, 3.8) is 0 Å². The van der Waals surface area contributed by atoms with Crippen molar-refractivity contribution in [3.8, 4) is 0 Å². The molecule has 0 aliphatic carbocycles. The molecule has 6 nitrogen and oxygen atoms in total. The van der Waals surface area contributed by atoms with E-state index in [9.17, 15) is 4.39 Å². The molecule has 0 spiro atoms. The lowest BCUT2D eigenvalue weighted by molar-refractivity contribution is 0.627. The second kappa shape index (κ2) is 7.26. The van der Waals surface area contributed by atoms with E-state index in [0.717, 1.165) is 12.0 Å². The first-order valence-corrected chi connectivity index (χ1v) is 7.14. The Balaban J connectivity index is 1.56. The van der Waals surface area contributed by atoms with E-state index in [0.29, 0.717) is 24.1 Å². The van der Waals surface area contributed by atoms with Crippen LogP contribution in [-0.4, -0.2) is 26.5 Å². The molecule has 23 heavy (non-hydrogen) atoms. The summed E-state index contributed by atoms with van der Waals surface area (Å²) >= 11 is 0. The predicted octanol–water partition coefficient (Wildman–Crippen LogP) is 2.80. The third-order valence-electron chi connectivity index (χ3n) is 3.10. The molecule has 0 fully saturated rings. The summed E-state index contributed by atoms with van der Waals surface area (Å²) in [5.41, 5.74) is 1.05. The Kier molecular flexibility index (Phi) is 4.68. The van der Waals surface area contributed by atoms with E-state index in [1.165, 1.54) is 18.5 Å². The first kappa shape index (κ1) is 14.8. The Morgan fingerprint density at radius 2 is 1.74 bits per heavy atom. The van der Waals surface area contributed by atoms with E-state index in [2.05, 4.69) is 30.6 Å². The van der Waals surface area contributed by atoms with E-state index in [-0.39, 0.29) is 5.82 Å². The molecule has 0 radical (unpaired) electrons. The van der Waals surface area contributed by atoms with Crippen molar-refractivity contribution in [1.82, 2.24) is 19.9 Å². The normalized spacial score (nSPS) is 10.3. The Bertz CT molecular complexity index is 748. The number of benzene rings is 1. The summed E-state index contributed by atoms with van der Waals surface area (Å²) in [4.78, 5) is 16.5. The maximum Gasteiger partial charge on any atom is 0.224 e. The summed E-state index contributed by atoms with van der Waals surface area (Å²) in [5.74, 6) is 1.60. The molecule has 2 N–H and O–H groups in total. The summed E-state index contributed by atoms with van der Waals surface area (Å²) in [6, 6.07) is 9.96. The summed E-state index contributed by atoms with van der Waals surface area (Å²) in [5, 5.41) is 6.22. The standard InChI is InChI=1S/C16H15FN6/c17-13-3-1-12(2-4-13)5-9-19-16-20-10-7-15(23-16)22-14-6-8-18-11-21-14/h1-4,6-8,10-11H,5,9H2,(H2,18,19,20,21,22,23). The van der Waals surface area contributed by atoms with Gasteiger partial charge in [0, 0.05) is 18.9 Å². The van der Waals surface area contributed by atoms with Crippen molar-refractivity contribution in [2.75, 3.05) is 17.2 Å². The zero-order valence-corrected chi connectivity index (χ0v) is 12.3. The van der Waals surface area contributed by atoms with Crippen LogP contribution in [0.25, 0.3) is 0 Å². The van der Waals surface area contributed by atoms with Crippen LogP contribution in [0, 0.1) is 5.82 Å². The van der Waals surface area contributed by atoms with Gasteiger partial charge < -0.3 is 10.6 Å². The van der Waals surface area contributed by atoms with Crippen LogP contribution in [0.3, 0.4) is 0 Å². The highest BCUT2D eigenvalue weighted by molar-refractivity contribution is 5.51. The molecule has 0 bridgehead atoms. The molecule has 0 saturated carbocycles. The van der Waals surface area contributed by atoms with Gasteiger partial charge in [-0.2, -0.15) is 4.98 Å². The highest BCUT2D eigenvalue weighted by Crippen LogP contribution is 2.11. The minimum Gasteiger partial charge on any atom is -0.354 e. The number of aromatic nitrogens is 4. The SMILES string of the molecule is Fc1ccc(CCNc2nccc(Nc3ccncn3)n2)cc1. The van der Waals surface area contributed by atoms with E-state index in [1.807, 2.05) is 0 Å². The summed E-state index contributed by atoms with van der Waals surface area (Å²) in [7, 11) is 0.